The number of halogens is 1. The largest absolute Gasteiger partial charge is 0.390 e. The summed E-state index contributed by atoms with van der Waals surface area (Å²) in [6.45, 7) is 1.55. The molecule has 0 heterocycles. The lowest BCUT2D eigenvalue weighted by Crippen LogP contribution is -2.32. The zero-order valence-electron chi connectivity index (χ0n) is 7.91. The number of nitrogens with one attached hydrogen (secondary N) is 1. The topological polar surface area (TPSA) is 58.3 Å². The van der Waals surface area contributed by atoms with Crippen molar-refractivity contribution in [3.63, 3.8) is 0 Å². The van der Waals surface area contributed by atoms with Crippen LogP contribution in [0.2, 0.25) is 0 Å². The van der Waals surface area contributed by atoms with E-state index >= 15 is 0 Å². The van der Waals surface area contributed by atoms with Crippen LogP contribution in [0, 0.1) is 0 Å². The van der Waals surface area contributed by atoms with Crippen molar-refractivity contribution >= 4 is 15.9 Å². The third-order valence-corrected chi connectivity index (χ3v) is 2.70. The highest BCUT2D eigenvalue weighted by Gasteiger charge is 2.01. The molecule has 0 aliphatic heterocycles. The van der Waals surface area contributed by atoms with E-state index in [1.54, 1.807) is 0 Å². The molecule has 0 spiro atoms. The first-order valence-electron chi connectivity index (χ1n) is 4.56. The number of hydrogen-bond acceptors (Lipinski definition) is 3. The zero-order valence-corrected chi connectivity index (χ0v) is 9.50. The summed E-state index contributed by atoms with van der Waals surface area (Å²) in [5, 5.41) is 12.3. The van der Waals surface area contributed by atoms with Gasteiger partial charge in [-0.1, -0.05) is 34.1 Å². The Morgan fingerprint density at radius 2 is 2.14 bits per heavy atom. The van der Waals surface area contributed by atoms with Crippen molar-refractivity contribution in [2.75, 3.05) is 13.1 Å². The van der Waals surface area contributed by atoms with Crippen LogP contribution in [-0.4, -0.2) is 24.3 Å². The lowest BCUT2D eigenvalue weighted by molar-refractivity contribution is 0.179. The molecule has 0 radical (unpaired) electrons. The normalized spacial score (nSPS) is 12.8. The molecule has 14 heavy (non-hydrogen) atoms. The van der Waals surface area contributed by atoms with Gasteiger partial charge in [-0.2, -0.15) is 0 Å². The summed E-state index contributed by atoms with van der Waals surface area (Å²) in [5.74, 6) is 0. The standard InChI is InChI=1S/C10H15BrN2O/c11-10-4-2-1-3-8(10)6-13-7-9(14)5-12/h1-4,9,13-14H,5-7,12H2. The van der Waals surface area contributed by atoms with Gasteiger partial charge in [0.15, 0.2) is 0 Å². The third kappa shape index (κ3) is 3.75. The van der Waals surface area contributed by atoms with Gasteiger partial charge in [-0.15, -0.1) is 0 Å². The molecule has 0 aliphatic carbocycles. The molecule has 1 aromatic rings. The Labute approximate surface area is 92.4 Å². The van der Waals surface area contributed by atoms with Crippen molar-refractivity contribution < 1.29 is 5.11 Å². The van der Waals surface area contributed by atoms with Crippen molar-refractivity contribution in [3.8, 4) is 0 Å². The Bertz CT molecular complexity index is 281. The maximum Gasteiger partial charge on any atom is 0.0786 e. The van der Waals surface area contributed by atoms with Crippen LogP contribution in [0.5, 0.6) is 0 Å². The van der Waals surface area contributed by atoms with Crippen LogP contribution in [0.3, 0.4) is 0 Å². The number of hydrogen-bond donors (Lipinski definition) is 3. The van der Waals surface area contributed by atoms with Gasteiger partial charge in [-0.25, -0.2) is 0 Å². The molecule has 4 N–H and O–H groups in total. The number of aliphatic hydroxyl groups is 1. The summed E-state index contributed by atoms with van der Waals surface area (Å²) in [5.41, 5.74) is 6.46. The van der Waals surface area contributed by atoms with E-state index in [-0.39, 0.29) is 0 Å². The smallest absolute Gasteiger partial charge is 0.0786 e. The molecule has 1 unspecified atom stereocenters. The molecule has 0 saturated carbocycles. The molecular weight excluding hydrogens is 244 g/mol. The summed E-state index contributed by atoms with van der Waals surface area (Å²) in [4.78, 5) is 0. The molecule has 1 aromatic carbocycles. The predicted octanol–water partition coefficient (Wildman–Crippen LogP) is 0.858. The Balaban J connectivity index is 2.35. The molecule has 0 fully saturated rings. The first-order chi connectivity index (χ1) is 6.74. The molecule has 0 amide bonds. The molecule has 4 heteroatoms. The van der Waals surface area contributed by atoms with E-state index in [1.807, 2.05) is 24.3 Å². The maximum atomic E-state index is 9.21. The fourth-order valence-corrected chi connectivity index (χ4v) is 1.52. The summed E-state index contributed by atoms with van der Waals surface area (Å²) in [7, 11) is 0. The molecule has 0 bridgehead atoms. The minimum absolute atomic E-state index is 0.295. The molecule has 3 nitrogen and oxygen atoms in total. The SMILES string of the molecule is NCC(O)CNCc1ccccc1Br. The van der Waals surface area contributed by atoms with Crippen LogP contribution in [0.15, 0.2) is 28.7 Å². The summed E-state index contributed by atoms with van der Waals surface area (Å²) in [6.07, 6.45) is -0.461. The van der Waals surface area contributed by atoms with Crippen LogP contribution < -0.4 is 11.1 Å². The molecule has 78 valence electrons. The van der Waals surface area contributed by atoms with Gasteiger partial charge in [0.1, 0.15) is 0 Å². The molecule has 1 rings (SSSR count). The van der Waals surface area contributed by atoms with E-state index in [1.165, 1.54) is 5.56 Å². The highest BCUT2D eigenvalue weighted by atomic mass is 79.9. The van der Waals surface area contributed by atoms with Gasteiger partial charge in [0.25, 0.3) is 0 Å². The number of nitrogens with two attached hydrogens (primary N) is 1. The van der Waals surface area contributed by atoms with Crippen LogP contribution in [0.4, 0.5) is 0 Å². The summed E-state index contributed by atoms with van der Waals surface area (Å²) >= 11 is 3.45. The zero-order chi connectivity index (χ0) is 10.4. The van der Waals surface area contributed by atoms with Gasteiger partial charge >= 0.3 is 0 Å². The van der Waals surface area contributed by atoms with Gasteiger partial charge in [-0.05, 0) is 11.6 Å². The van der Waals surface area contributed by atoms with Gasteiger partial charge in [0, 0.05) is 24.1 Å². The quantitative estimate of drug-likeness (QED) is 0.735. The second kappa shape index (κ2) is 6.14. The number of benzene rings is 1. The summed E-state index contributed by atoms with van der Waals surface area (Å²) < 4.78 is 1.08. The van der Waals surface area contributed by atoms with E-state index in [0.29, 0.717) is 13.1 Å². The third-order valence-electron chi connectivity index (χ3n) is 1.93. The molecule has 0 saturated heterocycles. The molecular formula is C10H15BrN2O. The van der Waals surface area contributed by atoms with E-state index in [4.69, 9.17) is 5.73 Å². The van der Waals surface area contributed by atoms with Crippen LogP contribution in [-0.2, 0) is 6.54 Å². The first kappa shape index (κ1) is 11.7. The molecule has 1 atom stereocenters. The lowest BCUT2D eigenvalue weighted by Gasteiger charge is -2.10. The van der Waals surface area contributed by atoms with Crippen molar-refractivity contribution in [2.24, 2.45) is 5.73 Å². The lowest BCUT2D eigenvalue weighted by atomic mass is 10.2. The fraction of sp³-hybridized carbons (Fsp3) is 0.400. The second-order valence-electron chi connectivity index (χ2n) is 3.11. The van der Waals surface area contributed by atoms with Crippen LogP contribution in [0.25, 0.3) is 0 Å². The van der Waals surface area contributed by atoms with E-state index in [2.05, 4.69) is 21.2 Å². The maximum absolute atomic E-state index is 9.21. The highest BCUT2D eigenvalue weighted by Crippen LogP contribution is 2.14. The van der Waals surface area contributed by atoms with Gasteiger partial charge < -0.3 is 16.2 Å². The van der Waals surface area contributed by atoms with Crippen molar-refractivity contribution in [3.05, 3.63) is 34.3 Å². The highest BCUT2D eigenvalue weighted by molar-refractivity contribution is 9.10. The first-order valence-corrected chi connectivity index (χ1v) is 5.35. The Morgan fingerprint density at radius 3 is 2.79 bits per heavy atom. The average Bonchev–Trinajstić information content (AvgIpc) is 2.20. The minimum Gasteiger partial charge on any atom is -0.390 e. The predicted molar refractivity (Wildman–Crippen MR) is 60.9 cm³/mol. The van der Waals surface area contributed by atoms with Crippen molar-refractivity contribution in [1.82, 2.24) is 5.32 Å². The average molecular weight is 259 g/mol. The molecule has 0 aromatic heterocycles. The van der Waals surface area contributed by atoms with E-state index in [0.717, 1.165) is 11.0 Å². The van der Waals surface area contributed by atoms with E-state index < -0.39 is 6.10 Å². The van der Waals surface area contributed by atoms with Gasteiger partial charge in [0.2, 0.25) is 0 Å². The number of rotatable bonds is 5. The Hall–Kier alpha value is -0.420. The number of aliphatic hydroxyl groups excluding tert-OH is 1. The monoisotopic (exact) mass is 258 g/mol. The van der Waals surface area contributed by atoms with Crippen molar-refractivity contribution in [1.29, 1.82) is 0 Å². The Morgan fingerprint density at radius 1 is 1.43 bits per heavy atom. The Kier molecular flexibility index (Phi) is 5.11. The molecule has 0 aliphatic rings. The van der Waals surface area contributed by atoms with Crippen molar-refractivity contribution in [2.45, 2.75) is 12.6 Å². The van der Waals surface area contributed by atoms with Gasteiger partial charge in [-0.3, -0.25) is 0 Å². The minimum atomic E-state index is -0.461. The summed E-state index contributed by atoms with van der Waals surface area (Å²) in [6, 6.07) is 7.99. The van der Waals surface area contributed by atoms with Crippen LogP contribution in [0.1, 0.15) is 5.56 Å². The van der Waals surface area contributed by atoms with Crippen LogP contribution >= 0.6 is 15.9 Å². The van der Waals surface area contributed by atoms with Gasteiger partial charge in [0.05, 0.1) is 6.10 Å². The second-order valence-corrected chi connectivity index (χ2v) is 3.97. The van der Waals surface area contributed by atoms with E-state index in [9.17, 15) is 5.11 Å². The fourth-order valence-electron chi connectivity index (χ4n) is 1.10.